The fraction of sp³-hybridized carbons (Fsp3) is 0.909. The molecule has 1 rings (SSSR count). The number of rotatable bonds is 3. The standard InChI is InChI=1S/C11H25N4P/c1-12-10-8-9-16(15(6)7)11(10,13(2)3)14(4)5/h8-9H2,1-7H3. The highest BCUT2D eigenvalue weighted by Gasteiger charge is 2.52. The normalized spacial score (nSPS) is 27.6. The Morgan fingerprint density at radius 1 is 1.06 bits per heavy atom. The topological polar surface area (TPSA) is 22.1 Å². The Morgan fingerprint density at radius 2 is 1.56 bits per heavy atom. The molecule has 0 spiro atoms. The van der Waals surface area contributed by atoms with Gasteiger partial charge in [-0.1, -0.05) is 0 Å². The Labute approximate surface area is 101 Å². The van der Waals surface area contributed by atoms with Crippen LogP contribution in [0.3, 0.4) is 0 Å². The van der Waals surface area contributed by atoms with E-state index in [-0.39, 0.29) is 13.5 Å². The fourth-order valence-corrected chi connectivity index (χ4v) is 5.93. The van der Waals surface area contributed by atoms with E-state index in [1.807, 2.05) is 7.05 Å². The molecule has 0 aromatic rings. The predicted molar refractivity (Wildman–Crippen MR) is 73.6 cm³/mol. The van der Waals surface area contributed by atoms with Gasteiger partial charge in [0, 0.05) is 15.1 Å². The zero-order chi connectivity index (χ0) is 12.5. The molecule has 0 bridgehead atoms. The van der Waals surface area contributed by atoms with Crippen LogP contribution in [0.2, 0.25) is 0 Å². The van der Waals surface area contributed by atoms with Crippen molar-refractivity contribution in [1.29, 1.82) is 0 Å². The lowest BCUT2D eigenvalue weighted by atomic mass is 10.2. The first-order valence-electron chi connectivity index (χ1n) is 5.64. The summed E-state index contributed by atoms with van der Waals surface area (Å²) in [5, 5.41) is 0.00752. The molecule has 1 atom stereocenters. The zero-order valence-corrected chi connectivity index (χ0v) is 12.5. The highest BCUT2D eigenvalue weighted by atomic mass is 31.1. The third kappa shape index (κ3) is 1.92. The second kappa shape index (κ2) is 5.09. The SMILES string of the molecule is CN=C1CCP(N(C)C)C1(N(C)C)N(C)C. The molecule has 0 aliphatic carbocycles. The van der Waals surface area contributed by atoms with E-state index in [1.165, 1.54) is 11.9 Å². The quantitative estimate of drug-likeness (QED) is 0.550. The second-order valence-corrected chi connectivity index (χ2v) is 7.48. The molecule has 0 radical (unpaired) electrons. The van der Waals surface area contributed by atoms with E-state index in [2.05, 4.69) is 61.7 Å². The zero-order valence-electron chi connectivity index (χ0n) is 11.7. The first-order chi connectivity index (χ1) is 7.38. The van der Waals surface area contributed by atoms with Crippen molar-refractivity contribution in [1.82, 2.24) is 14.5 Å². The summed E-state index contributed by atoms with van der Waals surface area (Å²) in [4.78, 5) is 9.19. The smallest absolute Gasteiger partial charge is 0.145 e. The van der Waals surface area contributed by atoms with Gasteiger partial charge in [-0.05, 0) is 54.9 Å². The molecule has 16 heavy (non-hydrogen) atoms. The number of hydrogen-bond donors (Lipinski definition) is 0. The lowest BCUT2D eigenvalue weighted by Crippen LogP contribution is -2.58. The van der Waals surface area contributed by atoms with E-state index in [9.17, 15) is 0 Å². The Hall–Kier alpha value is -0.0200. The van der Waals surface area contributed by atoms with Crippen LogP contribution in [-0.4, -0.2) is 81.1 Å². The molecule has 0 N–H and O–H groups in total. The Kier molecular flexibility index (Phi) is 4.47. The average Bonchev–Trinajstić information content (AvgIpc) is 2.56. The van der Waals surface area contributed by atoms with Gasteiger partial charge in [0.1, 0.15) is 5.40 Å². The van der Waals surface area contributed by atoms with Gasteiger partial charge in [0.15, 0.2) is 0 Å². The maximum absolute atomic E-state index is 4.54. The number of hydrogen-bond acceptors (Lipinski definition) is 4. The summed E-state index contributed by atoms with van der Waals surface area (Å²) in [5.74, 6) is 0. The van der Waals surface area contributed by atoms with Crippen LogP contribution in [-0.2, 0) is 0 Å². The summed E-state index contributed by atoms with van der Waals surface area (Å²) in [6.07, 6.45) is 2.36. The molecule has 1 aliphatic heterocycles. The van der Waals surface area contributed by atoms with Crippen molar-refractivity contribution in [2.75, 3.05) is 55.5 Å². The van der Waals surface area contributed by atoms with E-state index in [0.717, 1.165) is 6.42 Å². The second-order valence-electron chi connectivity index (χ2n) is 4.81. The minimum absolute atomic E-state index is 0.00752. The van der Waals surface area contributed by atoms with Crippen LogP contribution in [0.4, 0.5) is 0 Å². The van der Waals surface area contributed by atoms with Gasteiger partial charge in [-0.3, -0.25) is 19.5 Å². The van der Waals surface area contributed by atoms with Crippen LogP contribution in [0.1, 0.15) is 6.42 Å². The van der Waals surface area contributed by atoms with Crippen LogP contribution < -0.4 is 0 Å². The fourth-order valence-electron chi connectivity index (χ4n) is 2.80. The van der Waals surface area contributed by atoms with E-state index in [4.69, 9.17) is 0 Å². The molecule has 94 valence electrons. The van der Waals surface area contributed by atoms with Gasteiger partial charge >= 0.3 is 0 Å². The Balaban J connectivity index is 3.25. The Bertz CT molecular complexity index is 265. The predicted octanol–water partition coefficient (Wildman–Crippen LogP) is 1.20. The van der Waals surface area contributed by atoms with Crippen molar-refractivity contribution in [2.45, 2.75) is 11.8 Å². The molecule has 1 saturated heterocycles. The van der Waals surface area contributed by atoms with E-state index in [0.29, 0.717) is 0 Å². The lowest BCUT2D eigenvalue weighted by molar-refractivity contribution is 0.149. The maximum Gasteiger partial charge on any atom is 0.145 e. The summed E-state index contributed by atoms with van der Waals surface area (Å²) < 4.78 is 2.38. The van der Waals surface area contributed by atoms with Gasteiger partial charge in [-0.25, -0.2) is 0 Å². The van der Waals surface area contributed by atoms with E-state index >= 15 is 0 Å². The highest BCUT2D eigenvalue weighted by Crippen LogP contribution is 2.59. The van der Waals surface area contributed by atoms with Crippen molar-refractivity contribution >= 4 is 13.8 Å². The summed E-state index contributed by atoms with van der Waals surface area (Å²) in [6, 6.07) is 0. The lowest BCUT2D eigenvalue weighted by Gasteiger charge is -2.48. The highest BCUT2D eigenvalue weighted by molar-refractivity contribution is 7.58. The maximum atomic E-state index is 4.54. The van der Waals surface area contributed by atoms with Crippen molar-refractivity contribution < 1.29 is 0 Å². The van der Waals surface area contributed by atoms with Crippen LogP contribution >= 0.6 is 8.07 Å². The Morgan fingerprint density at radius 3 is 1.88 bits per heavy atom. The summed E-state index contributed by atoms with van der Waals surface area (Å²) in [7, 11) is 14.7. The van der Waals surface area contributed by atoms with Gasteiger partial charge in [0.25, 0.3) is 0 Å². The molecule has 0 saturated carbocycles. The van der Waals surface area contributed by atoms with Crippen molar-refractivity contribution in [3.8, 4) is 0 Å². The number of nitrogens with zero attached hydrogens (tertiary/aromatic N) is 4. The van der Waals surface area contributed by atoms with Gasteiger partial charge in [-0.2, -0.15) is 0 Å². The van der Waals surface area contributed by atoms with Crippen molar-refractivity contribution in [3.63, 3.8) is 0 Å². The van der Waals surface area contributed by atoms with Gasteiger partial charge in [0.2, 0.25) is 0 Å². The van der Waals surface area contributed by atoms with Gasteiger partial charge in [-0.15, -0.1) is 0 Å². The molecular weight excluding hydrogens is 219 g/mol. The largest absolute Gasteiger partial charge is 0.294 e. The molecule has 1 aliphatic rings. The van der Waals surface area contributed by atoms with E-state index < -0.39 is 0 Å². The summed E-state index contributed by atoms with van der Waals surface area (Å²) >= 11 is 0. The summed E-state index contributed by atoms with van der Waals surface area (Å²) in [5.41, 5.74) is 1.32. The molecule has 1 heterocycles. The molecule has 1 fully saturated rings. The molecule has 0 aromatic carbocycles. The molecule has 5 heteroatoms. The first-order valence-corrected chi connectivity index (χ1v) is 7.12. The number of aliphatic imine (C=N–C) groups is 1. The third-order valence-electron chi connectivity index (χ3n) is 3.31. The van der Waals surface area contributed by atoms with Crippen LogP contribution in [0, 0.1) is 0 Å². The first kappa shape index (κ1) is 14.0. The minimum atomic E-state index is -0.221. The van der Waals surface area contributed by atoms with Gasteiger partial charge in [0.05, 0.1) is 5.71 Å². The molecule has 4 nitrogen and oxygen atoms in total. The molecule has 0 aromatic heterocycles. The summed E-state index contributed by atoms with van der Waals surface area (Å²) in [6.45, 7) is 0. The monoisotopic (exact) mass is 244 g/mol. The molecule has 1 unspecified atom stereocenters. The van der Waals surface area contributed by atoms with Gasteiger partial charge < -0.3 is 0 Å². The average molecular weight is 244 g/mol. The van der Waals surface area contributed by atoms with Crippen LogP contribution in [0.5, 0.6) is 0 Å². The molecule has 0 amide bonds. The van der Waals surface area contributed by atoms with Crippen molar-refractivity contribution in [3.05, 3.63) is 0 Å². The van der Waals surface area contributed by atoms with Crippen molar-refractivity contribution in [2.24, 2.45) is 4.99 Å². The van der Waals surface area contributed by atoms with Crippen LogP contribution in [0.25, 0.3) is 0 Å². The minimum Gasteiger partial charge on any atom is -0.294 e. The third-order valence-corrected chi connectivity index (χ3v) is 6.70. The molecular formula is C11H25N4P. The van der Waals surface area contributed by atoms with E-state index in [1.54, 1.807) is 0 Å². The van der Waals surface area contributed by atoms with Crippen LogP contribution in [0.15, 0.2) is 4.99 Å².